The van der Waals surface area contributed by atoms with Crippen LogP contribution >= 0.6 is 81.4 Å². The predicted octanol–water partition coefficient (Wildman–Crippen LogP) is 20.4. The predicted molar refractivity (Wildman–Crippen MR) is 457 cm³/mol. The van der Waals surface area contributed by atoms with Crippen LogP contribution in [0.1, 0.15) is 145 Å². The van der Waals surface area contributed by atoms with E-state index < -0.39 is 117 Å². The third kappa shape index (κ3) is 25.9. The van der Waals surface area contributed by atoms with Crippen molar-refractivity contribution in [3.63, 3.8) is 0 Å². The maximum absolute atomic E-state index is 13.2. The van der Waals surface area contributed by atoms with Crippen LogP contribution in [0, 0.1) is 35.5 Å². The SMILES string of the molecule is CCC1O[C@@H](O[Si](C)(C)C(C)(C)C(C)C)C(NC(=O)OCC(Cl)(Cl)Cl)[C@@H](C)[C@@H]1O.CCC1O[C@@H](O[Si](C)(C)C(C)(C)C(C)C)C(NC(=O)OCC(Cl)(Cl)Cl)[C@@H](C)[C@@H]1O[C@@H]1OC2COC(c3ccccc3)O[C@H]2[C@H](C)C1OCc1ccccc1.C[C@@H]1C(OCc2ccccc2)[C@@H](Sc2ccccc2)OC2COC(c3ccccc3)O[C@H]21. The first-order chi connectivity index (χ1) is 54.2. The molecule has 11 rings (SSSR count). The summed E-state index contributed by atoms with van der Waals surface area (Å²) in [6.07, 6.45) is -7.13. The van der Waals surface area contributed by atoms with Gasteiger partial charge >= 0.3 is 12.2 Å². The summed E-state index contributed by atoms with van der Waals surface area (Å²) < 4.78 is 92.0. The Morgan fingerprint density at radius 3 is 1.30 bits per heavy atom. The van der Waals surface area contributed by atoms with Crippen molar-refractivity contribution in [2.45, 2.75) is 282 Å². The van der Waals surface area contributed by atoms with Gasteiger partial charge in [0.15, 0.2) is 48.1 Å². The molecule has 6 aliphatic heterocycles. The van der Waals surface area contributed by atoms with Gasteiger partial charge in [-0.3, -0.25) is 0 Å². The molecule has 0 aromatic heterocycles. The van der Waals surface area contributed by atoms with E-state index >= 15 is 0 Å². The number of hydrogen-bond acceptors (Lipinski definition) is 19. The Kier molecular flexibility index (Phi) is 35.4. The van der Waals surface area contributed by atoms with Crippen LogP contribution in [-0.4, -0.2) is 165 Å². The number of aliphatic hydroxyl groups is 1. The van der Waals surface area contributed by atoms with Crippen LogP contribution in [0.5, 0.6) is 0 Å². The van der Waals surface area contributed by atoms with E-state index in [9.17, 15) is 14.7 Å². The van der Waals surface area contributed by atoms with Gasteiger partial charge in [-0.05, 0) is 84.2 Å². The van der Waals surface area contributed by atoms with E-state index in [4.69, 9.17) is 140 Å². The highest BCUT2D eigenvalue weighted by Gasteiger charge is 2.57. The number of fused-ring (bicyclic) bond motifs is 2. The summed E-state index contributed by atoms with van der Waals surface area (Å²) in [6.45, 7) is 39.3. The molecule has 6 fully saturated rings. The molecule has 22 atom stereocenters. The summed E-state index contributed by atoms with van der Waals surface area (Å²) in [5.41, 5.74) is 4.00. The summed E-state index contributed by atoms with van der Waals surface area (Å²) in [7, 11) is -4.74. The standard InChI is InChI=1S/C40H58Cl3NO9Si.C27H28O4S.C19H36Cl3NO5Si/c1-10-29-32(25(4)31(44-38(45)48-23-40(41,42)43)36(49-29)53-54(8,9)39(6,7)24(2)3)52-37-34(46-21-27-17-13-11-14-18-27)26(5)33-30(50-37)22-47-35(51-33)28-19-15-12-16-20-28;1-19-24-23(18-29-26(31-24)21-13-7-3-8-14-21)30-27(32-22-15-9-4-10-16-22)25(19)28-17-20-11-5-2-6-12-20;1-9-13-15(24)12(4)14(23-17(25)26-10-19(20,21)22)16(27-13)28-29(7,8)18(5,6)11(2)3/h11-20,24-26,29-37H,10,21-23H2,1-9H3,(H,44,45);2-16,19,23-27H,17-18H2,1H3;11-16,24H,9-10H2,1-8H3,(H,23,25)/t25-,26+,29?,30?,31?,32+,33+,34?,35?,36+,37+;19-,23?,24-,25?,26?,27+;12-,13?,14?,15+,16+/m101/s1. The van der Waals surface area contributed by atoms with Gasteiger partial charge in [-0.1, -0.05) is 318 Å². The largest absolute Gasteiger partial charge is 0.445 e. The highest BCUT2D eigenvalue weighted by Crippen LogP contribution is 2.50. The van der Waals surface area contributed by atoms with Gasteiger partial charge in [0, 0.05) is 39.7 Å². The lowest BCUT2D eigenvalue weighted by Crippen LogP contribution is -2.65. The molecule has 640 valence electrons. The molecule has 6 heterocycles. The first-order valence-corrected chi connectivity index (χ1v) is 49.2. The molecule has 0 saturated carbocycles. The van der Waals surface area contributed by atoms with Crippen molar-refractivity contribution in [3.8, 4) is 0 Å². The molecule has 5 aromatic rings. The lowest BCUT2D eigenvalue weighted by molar-refractivity contribution is -0.374. The van der Waals surface area contributed by atoms with Crippen molar-refractivity contribution in [1.82, 2.24) is 10.6 Å². The third-order valence-corrected chi connectivity index (χ3v) is 35.2. The fourth-order valence-corrected chi connectivity index (χ4v) is 21.4. The number of aliphatic hydroxyl groups excluding tert-OH is 1. The summed E-state index contributed by atoms with van der Waals surface area (Å²) in [4.78, 5) is 26.7. The van der Waals surface area contributed by atoms with Crippen molar-refractivity contribution in [2.75, 3.05) is 26.4 Å². The normalized spacial score (nSPS) is 30.8. The molecule has 115 heavy (non-hydrogen) atoms. The molecule has 0 radical (unpaired) electrons. The zero-order valence-corrected chi connectivity index (χ0v) is 76.9. The van der Waals surface area contributed by atoms with E-state index in [0.717, 1.165) is 27.1 Å². The topological polar surface area (TPSA) is 217 Å². The molecular weight excluding hydrogens is 1650 g/mol. The average Bonchev–Trinajstić information content (AvgIpc) is 0.716. The van der Waals surface area contributed by atoms with Crippen molar-refractivity contribution in [2.24, 2.45) is 35.5 Å². The smallest absolute Gasteiger partial charge is 0.407 e. The van der Waals surface area contributed by atoms with E-state index in [0.29, 0.717) is 51.1 Å². The Morgan fingerprint density at radius 2 is 0.878 bits per heavy atom. The van der Waals surface area contributed by atoms with Gasteiger partial charge in [-0.2, -0.15) is 0 Å². The number of benzene rings is 5. The Balaban J connectivity index is 0.000000212. The van der Waals surface area contributed by atoms with Gasteiger partial charge in [0.25, 0.3) is 0 Å². The minimum atomic E-state index is -2.47. The number of ether oxygens (including phenoxy) is 13. The van der Waals surface area contributed by atoms with E-state index in [1.807, 2.05) is 143 Å². The molecule has 29 heteroatoms. The highest BCUT2D eigenvalue weighted by molar-refractivity contribution is 7.99. The van der Waals surface area contributed by atoms with Crippen molar-refractivity contribution >= 4 is 110 Å². The number of alkyl carbamates (subject to hydrolysis) is 2. The molecule has 10 unspecified atom stereocenters. The van der Waals surface area contributed by atoms with Crippen LogP contribution in [0.4, 0.5) is 9.59 Å². The maximum atomic E-state index is 13.2. The number of hydrogen-bond donors (Lipinski definition) is 3. The monoisotopic (exact) mass is 1770 g/mol. The van der Waals surface area contributed by atoms with Gasteiger partial charge < -0.3 is 86.2 Å². The maximum Gasteiger partial charge on any atom is 0.407 e. The number of halogens is 6. The first-order valence-electron chi connectivity index (χ1n) is 40.2. The second-order valence-electron chi connectivity index (χ2n) is 33.6. The van der Waals surface area contributed by atoms with E-state index in [1.165, 1.54) is 0 Å². The molecule has 20 nitrogen and oxygen atoms in total. The Labute approximate surface area is 718 Å². The Morgan fingerprint density at radius 1 is 0.496 bits per heavy atom. The third-order valence-electron chi connectivity index (χ3n) is 24.4. The zero-order chi connectivity index (χ0) is 84.0. The average molecular weight is 1770 g/mol. The minimum absolute atomic E-state index is 0.0437. The molecule has 0 bridgehead atoms. The molecule has 0 spiro atoms. The van der Waals surface area contributed by atoms with Gasteiger partial charge in [-0.25, -0.2) is 9.59 Å². The quantitative estimate of drug-likeness (QED) is 0.0346. The van der Waals surface area contributed by atoms with Crippen LogP contribution in [0.2, 0.25) is 36.3 Å². The zero-order valence-electron chi connectivity index (χ0n) is 69.5. The lowest BCUT2D eigenvalue weighted by Gasteiger charge is -2.52. The lowest BCUT2D eigenvalue weighted by atomic mass is 9.86. The van der Waals surface area contributed by atoms with E-state index in [-0.39, 0.29) is 76.0 Å². The second kappa shape index (κ2) is 42.6. The highest BCUT2D eigenvalue weighted by atomic mass is 35.6. The van der Waals surface area contributed by atoms with Crippen LogP contribution in [0.15, 0.2) is 157 Å². The van der Waals surface area contributed by atoms with Gasteiger partial charge in [0.05, 0.1) is 81.2 Å². The second-order valence-corrected chi connectivity index (χ2v) is 48.8. The minimum Gasteiger partial charge on any atom is -0.445 e. The van der Waals surface area contributed by atoms with Crippen molar-refractivity contribution < 1.29 is 85.1 Å². The molecule has 2 amide bonds. The Bertz CT molecular complexity index is 3740. The fraction of sp³-hybridized carbons (Fsp3) is 0.628. The van der Waals surface area contributed by atoms with Crippen LogP contribution in [0.3, 0.4) is 0 Å². The molecule has 0 aliphatic carbocycles. The molecule has 6 saturated heterocycles. The number of rotatable bonds is 26. The first kappa shape index (κ1) is 95.4. The number of amides is 2. The van der Waals surface area contributed by atoms with Crippen molar-refractivity contribution in [1.29, 1.82) is 0 Å². The summed E-state index contributed by atoms with van der Waals surface area (Å²) in [5, 5.41) is 16.2. The number of carbonyl (C=O) groups is 2. The van der Waals surface area contributed by atoms with E-state index in [2.05, 4.69) is 142 Å². The molecular formula is C86H122Cl6N2O18SSi2. The van der Waals surface area contributed by atoms with Crippen molar-refractivity contribution in [3.05, 3.63) is 174 Å². The summed E-state index contributed by atoms with van der Waals surface area (Å²) in [6, 6.07) is 49.3. The van der Waals surface area contributed by atoms with Gasteiger partial charge in [0.1, 0.15) is 37.0 Å². The molecule has 3 N–H and O–H groups in total. The van der Waals surface area contributed by atoms with Gasteiger partial charge in [-0.15, -0.1) is 0 Å². The Hall–Kier alpha value is -3.40. The van der Waals surface area contributed by atoms with Crippen LogP contribution in [0.25, 0.3) is 0 Å². The number of thioether (sulfide) groups is 1. The number of nitrogens with one attached hydrogen (secondary N) is 2. The van der Waals surface area contributed by atoms with Gasteiger partial charge in [0.2, 0.25) is 7.59 Å². The number of alkyl halides is 6. The molecule has 6 aliphatic rings. The van der Waals surface area contributed by atoms with Crippen LogP contribution in [-0.2, 0) is 83.6 Å². The van der Waals surface area contributed by atoms with Crippen LogP contribution < -0.4 is 10.6 Å². The number of carbonyl (C=O) groups excluding carboxylic acids is 2. The van der Waals surface area contributed by atoms with E-state index in [1.54, 1.807) is 11.8 Å². The summed E-state index contributed by atoms with van der Waals surface area (Å²) >= 11 is 36.4. The fourth-order valence-electron chi connectivity index (χ4n) is 14.8. The summed E-state index contributed by atoms with van der Waals surface area (Å²) in [5.74, 6) is 0.1000. The molecule has 5 aromatic carbocycles.